The molecule has 0 aromatic carbocycles. The molecule has 2 rings (SSSR count). The Morgan fingerprint density at radius 2 is 2.29 bits per heavy atom. The third-order valence-corrected chi connectivity index (χ3v) is 2.59. The highest BCUT2D eigenvalue weighted by atomic mass is 15.3. The Labute approximate surface area is 101 Å². The Morgan fingerprint density at radius 3 is 2.94 bits per heavy atom. The lowest BCUT2D eigenvalue weighted by Gasteiger charge is -2.15. The van der Waals surface area contributed by atoms with E-state index in [1.54, 1.807) is 6.20 Å². The zero-order valence-electron chi connectivity index (χ0n) is 10.5. The van der Waals surface area contributed by atoms with E-state index in [-0.39, 0.29) is 0 Å². The molecule has 0 spiro atoms. The van der Waals surface area contributed by atoms with Crippen LogP contribution in [0.1, 0.15) is 5.69 Å². The molecule has 92 valence electrons. The molecule has 0 saturated heterocycles. The number of hydrogen-bond acceptors (Lipinski definition) is 6. The third kappa shape index (κ3) is 2.83. The molecule has 0 saturated carbocycles. The molecule has 6 nitrogen and oxygen atoms in total. The summed E-state index contributed by atoms with van der Waals surface area (Å²) < 4.78 is 0. The summed E-state index contributed by atoms with van der Waals surface area (Å²) in [6.07, 6.45) is 1.78. The largest absolute Gasteiger partial charge is 0.351 e. The van der Waals surface area contributed by atoms with Crippen LogP contribution in [-0.2, 0) is 6.54 Å². The summed E-state index contributed by atoms with van der Waals surface area (Å²) in [7, 11) is 5.90. The van der Waals surface area contributed by atoms with Crippen LogP contribution in [0.5, 0.6) is 0 Å². The molecule has 0 fully saturated rings. The molecule has 1 aliphatic rings. The van der Waals surface area contributed by atoms with Crippen LogP contribution in [-0.4, -0.2) is 55.1 Å². The van der Waals surface area contributed by atoms with E-state index in [0.717, 1.165) is 30.7 Å². The molecule has 17 heavy (non-hydrogen) atoms. The lowest BCUT2D eigenvalue weighted by Crippen LogP contribution is -2.35. The maximum absolute atomic E-state index is 4.44. The fraction of sp³-hybridized carbons (Fsp3) is 0.545. The number of hydrogen-bond donors (Lipinski definition) is 1. The first-order chi connectivity index (χ1) is 8.16. The van der Waals surface area contributed by atoms with Crippen molar-refractivity contribution < 1.29 is 0 Å². The van der Waals surface area contributed by atoms with Crippen molar-refractivity contribution in [2.45, 2.75) is 6.54 Å². The van der Waals surface area contributed by atoms with Gasteiger partial charge in [0, 0.05) is 33.9 Å². The predicted octanol–water partition coefficient (Wildman–Crippen LogP) is -0.0664. The Morgan fingerprint density at radius 1 is 1.47 bits per heavy atom. The van der Waals surface area contributed by atoms with Crippen molar-refractivity contribution in [1.82, 2.24) is 20.2 Å². The normalized spacial score (nSPS) is 14.8. The second-order valence-corrected chi connectivity index (χ2v) is 4.22. The van der Waals surface area contributed by atoms with Gasteiger partial charge in [-0.25, -0.2) is 9.97 Å². The second-order valence-electron chi connectivity index (χ2n) is 4.22. The summed E-state index contributed by atoms with van der Waals surface area (Å²) in [6.45, 7) is 2.52. The number of nitrogens with one attached hydrogen (secondary N) is 1. The average molecular weight is 234 g/mol. The molecule has 0 bridgehead atoms. The molecule has 0 amide bonds. The zero-order chi connectivity index (χ0) is 12.3. The molecular formula is C11H18N6. The summed E-state index contributed by atoms with van der Waals surface area (Å²) in [4.78, 5) is 17.0. The van der Waals surface area contributed by atoms with Crippen LogP contribution in [0.2, 0.25) is 0 Å². The van der Waals surface area contributed by atoms with Crippen LogP contribution in [0.3, 0.4) is 0 Å². The number of rotatable bonds is 3. The number of aromatic nitrogens is 2. The van der Waals surface area contributed by atoms with Crippen molar-refractivity contribution in [3.05, 3.63) is 18.0 Å². The van der Waals surface area contributed by atoms with E-state index in [0.29, 0.717) is 6.54 Å². The van der Waals surface area contributed by atoms with Crippen LogP contribution in [0.15, 0.2) is 17.3 Å². The number of likely N-dealkylation sites (N-methyl/N-ethyl adjacent to an activating group) is 1. The fourth-order valence-corrected chi connectivity index (χ4v) is 1.59. The van der Waals surface area contributed by atoms with Crippen molar-refractivity contribution in [3.8, 4) is 0 Å². The summed E-state index contributed by atoms with van der Waals surface area (Å²) in [5.41, 5.74) is 0.965. The molecule has 1 aliphatic heterocycles. The molecule has 1 aromatic rings. The van der Waals surface area contributed by atoms with Crippen LogP contribution in [0.4, 0.5) is 5.95 Å². The lowest BCUT2D eigenvalue weighted by molar-refractivity contribution is 0.533. The van der Waals surface area contributed by atoms with E-state index < -0.39 is 0 Å². The summed E-state index contributed by atoms with van der Waals surface area (Å²) in [5, 5.41) is 3.28. The highest BCUT2D eigenvalue weighted by Crippen LogP contribution is 2.04. The van der Waals surface area contributed by atoms with E-state index in [4.69, 9.17) is 0 Å². The Balaban J connectivity index is 1.97. The maximum atomic E-state index is 4.44. The number of nitrogens with zero attached hydrogens (tertiary/aromatic N) is 5. The van der Waals surface area contributed by atoms with Crippen LogP contribution in [0.25, 0.3) is 0 Å². The molecular weight excluding hydrogens is 216 g/mol. The Hall–Kier alpha value is -1.85. The van der Waals surface area contributed by atoms with E-state index >= 15 is 0 Å². The molecule has 2 heterocycles. The Bertz CT molecular complexity index is 414. The van der Waals surface area contributed by atoms with Crippen molar-refractivity contribution in [3.63, 3.8) is 0 Å². The SMILES string of the molecule is CN1CCN=C1NCc1ccnc(N(C)C)n1. The molecule has 0 radical (unpaired) electrons. The molecule has 6 heteroatoms. The molecule has 1 N–H and O–H groups in total. The summed E-state index contributed by atoms with van der Waals surface area (Å²) >= 11 is 0. The number of anilines is 1. The minimum absolute atomic E-state index is 0.673. The van der Waals surface area contributed by atoms with Gasteiger partial charge in [0.05, 0.1) is 18.8 Å². The van der Waals surface area contributed by atoms with Gasteiger partial charge in [-0.3, -0.25) is 4.99 Å². The van der Waals surface area contributed by atoms with Gasteiger partial charge in [0.25, 0.3) is 0 Å². The quantitative estimate of drug-likeness (QED) is 0.793. The monoisotopic (exact) mass is 234 g/mol. The highest BCUT2D eigenvalue weighted by molar-refractivity contribution is 5.81. The van der Waals surface area contributed by atoms with Gasteiger partial charge in [-0.05, 0) is 6.07 Å². The number of aliphatic imine (C=N–C) groups is 1. The van der Waals surface area contributed by atoms with Gasteiger partial charge < -0.3 is 15.1 Å². The minimum atomic E-state index is 0.673. The van der Waals surface area contributed by atoms with E-state index in [2.05, 4.69) is 25.2 Å². The van der Waals surface area contributed by atoms with Gasteiger partial charge >= 0.3 is 0 Å². The van der Waals surface area contributed by atoms with E-state index in [9.17, 15) is 0 Å². The Kier molecular flexibility index (Phi) is 3.41. The average Bonchev–Trinajstić information content (AvgIpc) is 2.72. The molecule has 0 unspecified atom stereocenters. The first-order valence-corrected chi connectivity index (χ1v) is 5.65. The van der Waals surface area contributed by atoms with E-state index in [1.807, 2.05) is 32.1 Å². The standard InChI is InChI=1S/C11H18N6/c1-16(2)11-12-5-4-9(15-11)8-14-10-13-6-7-17(10)3/h4-5H,6-8H2,1-3H3,(H,13,14). The smallest absolute Gasteiger partial charge is 0.225 e. The van der Waals surface area contributed by atoms with Crippen molar-refractivity contribution in [2.24, 2.45) is 4.99 Å². The van der Waals surface area contributed by atoms with Gasteiger partial charge in [0.2, 0.25) is 5.95 Å². The minimum Gasteiger partial charge on any atom is -0.351 e. The first kappa shape index (κ1) is 11.6. The predicted molar refractivity (Wildman–Crippen MR) is 68.1 cm³/mol. The zero-order valence-corrected chi connectivity index (χ0v) is 10.5. The second kappa shape index (κ2) is 4.99. The fourth-order valence-electron chi connectivity index (χ4n) is 1.59. The summed E-state index contributed by atoms with van der Waals surface area (Å²) in [6, 6.07) is 1.91. The van der Waals surface area contributed by atoms with E-state index in [1.165, 1.54) is 0 Å². The van der Waals surface area contributed by atoms with Crippen molar-refractivity contribution >= 4 is 11.9 Å². The van der Waals surface area contributed by atoms with Crippen molar-refractivity contribution in [2.75, 3.05) is 39.1 Å². The third-order valence-electron chi connectivity index (χ3n) is 2.59. The van der Waals surface area contributed by atoms with Gasteiger partial charge in [-0.2, -0.15) is 0 Å². The van der Waals surface area contributed by atoms with Gasteiger partial charge in [-0.1, -0.05) is 0 Å². The van der Waals surface area contributed by atoms with Gasteiger partial charge in [0.15, 0.2) is 5.96 Å². The first-order valence-electron chi connectivity index (χ1n) is 5.65. The van der Waals surface area contributed by atoms with Gasteiger partial charge in [0.1, 0.15) is 0 Å². The van der Waals surface area contributed by atoms with Crippen LogP contribution >= 0.6 is 0 Å². The topological polar surface area (TPSA) is 56.6 Å². The molecule has 0 atom stereocenters. The maximum Gasteiger partial charge on any atom is 0.225 e. The number of guanidine groups is 1. The molecule has 0 aliphatic carbocycles. The molecule has 1 aromatic heterocycles. The lowest BCUT2D eigenvalue weighted by atomic mass is 10.4. The summed E-state index contributed by atoms with van der Waals surface area (Å²) in [5.74, 6) is 1.67. The highest BCUT2D eigenvalue weighted by Gasteiger charge is 2.11. The van der Waals surface area contributed by atoms with Crippen LogP contribution < -0.4 is 10.2 Å². The van der Waals surface area contributed by atoms with Gasteiger partial charge in [-0.15, -0.1) is 0 Å². The van der Waals surface area contributed by atoms with Crippen molar-refractivity contribution in [1.29, 1.82) is 0 Å². The van der Waals surface area contributed by atoms with Crippen LogP contribution in [0, 0.1) is 0 Å².